The summed E-state index contributed by atoms with van der Waals surface area (Å²) in [4.78, 5) is 15.5. The van der Waals surface area contributed by atoms with E-state index in [1.54, 1.807) is 12.1 Å². The Morgan fingerprint density at radius 3 is 2.52 bits per heavy atom. The number of β-amino-alcohol motifs (C(OH)–C–C–N with tert-alkyl or cyclic N) is 1. The van der Waals surface area contributed by atoms with E-state index in [4.69, 9.17) is 0 Å². The third-order valence-electron chi connectivity index (χ3n) is 6.79. The lowest BCUT2D eigenvalue weighted by atomic mass is 9.86. The minimum atomic E-state index is -0.420. The van der Waals surface area contributed by atoms with Crippen LogP contribution in [-0.4, -0.2) is 52.1 Å². The van der Waals surface area contributed by atoms with Gasteiger partial charge in [0.05, 0.1) is 11.0 Å². The molecule has 1 atom stereocenters. The van der Waals surface area contributed by atoms with Gasteiger partial charge in [-0.25, -0.2) is 0 Å². The Hall–Kier alpha value is -2.28. The summed E-state index contributed by atoms with van der Waals surface area (Å²) in [6.45, 7) is 4.78. The normalized spacial score (nSPS) is 21.4. The molecule has 1 spiro atoms. The van der Waals surface area contributed by atoms with Crippen molar-refractivity contribution in [3.63, 3.8) is 0 Å². The molecule has 0 aromatic heterocycles. The van der Waals surface area contributed by atoms with Gasteiger partial charge in [-0.3, -0.25) is 19.9 Å². The number of rotatable bonds is 5. The number of aliphatic hydroxyl groups excluding tert-OH is 1. The lowest BCUT2D eigenvalue weighted by molar-refractivity contribution is -0.385. The monoisotopic (exact) mass is 393 g/mol. The van der Waals surface area contributed by atoms with Crippen molar-refractivity contribution in [2.24, 2.45) is 0 Å². The van der Waals surface area contributed by atoms with Crippen LogP contribution < -0.4 is 0 Å². The zero-order chi connectivity index (χ0) is 20.0. The van der Waals surface area contributed by atoms with Gasteiger partial charge in [-0.1, -0.05) is 30.3 Å². The van der Waals surface area contributed by atoms with E-state index in [0.29, 0.717) is 19.6 Å². The molecule has 1 aliphatic carbocycles. The molecule has 0 bridgehead atoms. The Labute approximate surface area is 170 Å². The van der Waals surface area contributed by atoms with Crippen molar-refractivity contribution in [2.75, 3.05) is 26.2 Å². The van der Waals surface area contributed by atoms with Crippen LogP contribution in [0.15, 0.2) is 42.5 Å². The first-order valence-corrected chi connectivity index (χ1v) is 10.5. The Morgan fingerprint density at radius 2 is 1.76 bits per heavy atom. The Morgan fingerprint density at radius 1 is 1.03 bits per heavy atom. The van der Waals surface area contributed by atoms with E-state index in [-0.39, 0.29) is 16.0 Å². The summed E-state index contributed by atoms with van der Waals surface area (Å²) in [5.41, 5.74) is 5.43. The van der Waals surface area contributed by atoms with E-state index >= 15 is 0 Å². The predicted octanol–water partition coefficient (Wildman–Crippen LogP) is 2.86. The number of nitrogens with zero attached hydrogens (tertiary/aromatic N) is 3. The molecule has 0 radical (unpaired) electrons. The SMILES string of the molecule is O=[N+]([O-])c1ccc2c(c1)CN(C[C@H](O)CN1CCc3ccccc3C1)CC21CC1. The van der Waals surface area contributed by atoms with Gasteiger partial charge in [0.25, 0.3) is 5.69 Å². The fourth-order valence-corrected chi connectivity index (χ4v) is 5.22. The molecule has 0 saturated heterocycles. The largest absolute Gasteiger partial charge is 0.390 e. The van der Waals surface area contributed by atoms with Gasteiger partial charge in [0, 0.05) is 56.8 Å². The van der Waals surface area contributed by atoms with Crippen LogP contribution in [0, 0.1) is 10.1 Å². The zero-order valence-electron chi connectivity index (χ0n) is 16.6. The van der Waals surface area contributed by atoms with Gasteiger partial charge in [-0.05, 0) is 41.5 Å². The van der Waals surface area contributed by atoms with Crippen LogP contribution in [0.2, 0.25) is 0 Å². The van der Waals surface area contributed by atoms with Crippen LogP contribution in [0.1, 0.15) is 35.1 Å². The molecule has 2 aromatic rings. The Kier molecular flexibility index (Phi) is 4.65. The number of non-ortho nitro benzene ring substituents is 1. The minimum absolute atomic E-state index is 0.145. The minimum Gasteiger partial charge on any atom is -0.390 e. The maximum Gasteiger partial charge on any atom is 0.269 e. The third kappa shape index (κ3) is 3.68. The van der Waals surface area contributed by atoms with Crippen molar-refractivity contribution >= 4 is 5.69 Å². The third-order valence-corrected chi connectivity index (χ3v) is 6.79. The zero-order valence-corrected chi connectivity index (χ0v) is 16.6. The highest BCUT2D eigenvalue weighted by atomic mass is 16.6. The van der Waals surface area contributed by atoms with E-state index in [0.717, 1.165) is 44.5 Å². The molecule has 0 unspecified atom stereocenters. The highest BCUT2D eigenvalue weighted by Gasteiger charge is 2.49. The van der Waals surface area contributed by atoms with Crippen molar-refractivity contribution in [3.05, 3.63) is 74.8 Å². The Balaban J connectivity index is 1.24. The van der Waals surface area contributed by atoms with Crippen molar-refractivity contribution in [3.8, 4) is 0 Å². The molecular weight excluding hydrogens is 366 g/mol. The predicted molar refractivity (Wildman–Crippen MR) is 111 cm³/mol. The van der Waals surface area contributed by atoms with Crippen LogP contribution >= 0.6 is 0 Å². The summed E-state index contributed by atoms with van der Waals surface area (Å²) in [6.07, 6.45) is 2.88. The highest BCUT2D eigenvalue weighted by Crippen LogP contribution is 2.52. The highest BCUT2D eigenvalue weighted by molar-refractivity contribution is 5.47. The van der Waals surface area contributed by atoms with Crippen LogP contribution in [0.3, 0.4) is 0 Å². The lowest BCUT2D eigenvalue weighted by Crippen LogP contribution is -2.45. The first-order chi connectivity index (χ1) is 14.0. The van der Waals surface area contributed by atoms with Crippen molar-refractivity contribution < 1.29 is 10.0 Å². The first-order valence-electron chi connectivity index (χ1n) is 10.5. The van der Waals surface area contributed by atoms with Gasteiger partial charge in [0.1, 0.15) is 0 Å². The molecule has 2 heterocycles. The van der Waals surface area contributed by atoms with E-state index in [1.807, 2.05) is 6.07 Å². The molecule has 3 aliphatic rings. The van der Waals surface area contributed by atoms with Crippen LogP contribution in [0.25, 0.3) is 0 Å². The van der Waals surface area contributed by atoms with E-state index in [1.165, 1.54) is 16.7 Å². The van der Waals surface area contributed by atoms with E-state index in [9.17, 15) is 15.2 Å². The summed E-state index contributed by atoms with van der Waals surface area (Å²) in [7, 11) is 0. The van der Waals surface area contributed by atoms with E-state index in [2.05, 4.69) is 34.1 Å². The first kappa shape index (κ1) is 18.7. The lowest BCUT2D eigenvalue weighted by Gasteiger charge is -2.37. The van der Waals surface area contributed by atoms with Gasteiger partial charge < -0.3 is 5.11 Å². The summed E-state index contributed by atoms with van der Waals surface area (Å²) in [6, 6.07) is 13.9. The van der Waals surface area contributed by atoms with E-state index < -0.39 is 6.10 Å². The number of hydrogen-bond acceptors (Lipinski definition) is 5. The number of nitro benzene ring substituents is 1. The number of aliphatic hydroxyl groups is 1. The second-order valence-electron chi connectivity index (χ2n) is 8.96. The summed E-state index contributed by atoms with van der Waals surface area (Å²) in [5.74, 6) is 0. The smallest absolute Gasteiger partial charge is 0.269 e. The van der Waals surface area contributed by atoms with Crippen molar-refractivity contribution in [1.82, 2.24) is 9.80 Å². The molecule has 6 heteroatoms. The summed E-state index contributed by atoms with van der Waals surface area (Å²) < 4.78 is 0. The number of fused-ring (bicyclic) bond motifs is 3. The van der Waals surface area contributed by atoms with Crippen molar-refractivity contribution in [1.29, 1.82) is 0 Å². The second kappa shape index (κ2) is 7.20. The molecule has 152 valence electrons. The molecule has 29 heavy (non-hydrogen) atoms. The molecule has 1 fully saturated rings. The molecule has 2 aliphatic heterocycles. The molecule has 6 nitrogen and oxygen atoms in total. The average Bonchev–Trinajstić information content (AvgIpc) is 3.47. The van der Waals surface area contributed by atoms with Crippen LogP contribution in [-0.2, 0) is 24.9 Å². The second-order valence-corrected chi connectivity index (χ2v) is 8.96. The molecule has 0 amide bonds. The van der Waals surface area contributed by atoms with Gasteiger partial charge >= 0.3 is 0 Å². The number of hydrogen-bond donors (Lipinski definition) is 1. The number of benzene rings is 2. The molecule has 1 saturated carbocycles. The van der Waals surface area contributed by atoms with Gasteiger partial charge in [0.2, 0.25) is 0 Å². The standard InChI is InChI=1S/C23H27N3O3/c27-21(14-24-10-7-17-3-1-2-4-18(17)12-24)15-25-13-19-11-20(26(28)29)5-6-22(19)23(16-25)8-9-23/h1-6,11,21,27H,7-10,12-16H2/t21-/m1/s1. The molecule has 5 rings (SSSR count). The maximum absolute atomic E-state index is 11.2. The van der Waals surface area contributed by atoms with Gasteiger partial charge in [-0.2, -0.15) is 0 Å². The van der Waals surface area contributed by atoms with Gasteiger partial charge in [-0.15, -0.1) is 0 Å². The van der Waals surface area contributed by atoms with Crippen LogP contribution in [0.4, 0.5) is 5.69 Å². The van der Waals surface area contributed by atoms with Crippen molar-refractivity contribution in [2.45, 2.75) is 43.9 Å². The van der Waals surface area contributed by atoms with Gasteiger partial charge in [0.15, 0.2) is 0 Å². The molecule has 2 aromatic carbocycles. The average molecular weight is 393 g/mol. The topological polar surface area (TPSA) is 69.8 Å². The van der Waals surface area contributed by atoms with Crippen LogP contribution in [0.5, 0.6) is 0 Å². The summed E-state index contributed by atoms with van der Waals surface area (Å²) >= 11 is 0. The molecular formula is C23H27N3O3. The fourth-order valence-electron chi connectivity index (χ4n) is 5.22. The summed E-state index contributed by atoms with van der Waals surface area (Å²) in [5, 5.41) is 22.0. The Bertz CT molecular complexity index is 941. The maximum atomic E-state index is 11.2. The quantitative estimate of drug-likeness (QED) is 0.625. The fraction of sp³-hybridized carbons (Fsp3) is 0.478. The molecule has 1 N–H and O–H groups in total. The number of nitro groups is 1.